The van der Waals surface area contributed by atoms with Gasteiger partial charge in [-0.1, -0.05) is 51.5 Å². The normalized spacial score (nSPS) is 12.5. The molecule has 61 heavy (non-hydrogen) atoms. The van der Waals surface area contributed by atoms with Crippen molar-refractivity contribution in [1.29, 1.82) is 0 Å². The van der Waals surface area contributed by atoms with Crippen LogP contribution in [0.15, 0.2) is 73.3 Å². The molecule has 2 aromatic carbocycles. The summed E-state index contributed by atoms with van der Waals surface area (Å²) in [4.78, 5) is 48.2. The number of ether oxygens (including phenoxy) is 6. The van der Waals surface area contributed by atoms with Crippen LogP contribution in [0.2, 0.25) is 0 Å². The summed E-state index contributed by atoms with van der Waals surface area (Å²) in [5, 5.41) is 0. The molecule has 2 unspecified atom stereocenters. The van der Waals surface area contributed by atoms with Crippen molar-refractivity contribution in [3.05, 3.63) is 84.5 Å². The molecule has 0 saturated carbocycles. The average molecular weight is 849 g/mol. The third-order valence-electron chi connectivity index (χ3n) is 10.6. The standard InChI is InChI=1S/C51H76O10/c1-10-41(42-26-32-45(33-27-42)59-49(55)43-28-30-44(31-29-43)57-37-21-14-15-22-38-58-46(52)11-2)25-24-40(5)56-36-20-13-12-18-34-50(6,7)60-47(53)23-17-16-19-35-51(8,9)61-48(54)39(3)4/h11,26-33,40-41H,2-3,10,12-25,34-38H2,1,4-9H3. The second kappa shape index (κ2) is 29.0. The Kier molecular flexibility index (Phi) is 25.0. The van der Waals surface area contributed by atoms with Gasteiger partial charge in [-0.15, -0.1) is 0 Å². The monoisotopic (exact) mass is 849 g/mol. The first kappa shape index (κ1) is 52.7. The van der Waals surface area contributed by atoms with Crippen LogP contribution in [0, 0.1) is 0 Å². The lowest BCUT2D eigenvalue weighted by Crippen LogP contribution is -2.28. The van der Waals surface area contributed by atoms with E-state index in [2.05, 4.69) is 27.0 Å². The minimum Gasteiger partial charge on any atom is -0.494 e. The molecule has 0 spiro atoms. The molecule has 340 valence electrons. The van der Waals surface area contributed by atoms with Gasteiger partial charge in [-0.05, 0) is 173 Å². The first-order valence-electron chi connectivity index (χ1n) is 22.6. The van der Waals surface area contributed by atoms with Gasteiger partial charge >= 0.3 is 23.9 Å². The van der Waals surface area contributed by atoms with Crippen LogP contribution in [0.1, 0.15) is 179 Å². The maximum absolute atomic E-state index is 12.8. The molecule has 2 rings (SSSR count). The van der Waals surface area contributed by atoms with E-state index in [-0.39, 0.29) is 18.0 Å². The number of hydrogen-bond donors (Lipinski definition) is 0. The summed E-state index contributed by atoms with van der Waals surface area (Å²) >= 11 is 0. The molecule has 0 aromatic heterocycles. The van der Waals surface area contributed by atoms with E-state index in [4.69, 9.17) is 28.4 Å². The molecule has 0 N–H and O–H groups in total. The average Bonchev–Trinajstić information content (AvgIpc) is 3.21. The molecule has 10 heteroatoms. The highest BCUT2D eigenvalue weighted by Gasteiger charge is 2.24. The van der Waals surface area contributed by atoms with Crippen molar-refractivity contribution < 1.29 is 47.6 Å². The molecule has 0 fully saturated rings. The number of rotatable bonds is 33. The molecule has 0 radical (unpaired) electrons. The summed E-state index contributed by atoms with van der Waals surface area (Å²) in [5.74, 6) is 0.264. The first-order valence-corrected chi connectivity index (χ1v) is 22.6. The molecule has 10 nitrogen and oxygen atoms in total. The van der Waals surface area contributed by atoms with E-state index >= 15 is 0 Å². The Bertz CT molecular complexity index is 1610. The van der Waals surface area contributed by atoms with Gasteiger partial charge in [-0.3, -0.25) is 4.79 Å². The number of carbonyl (C=O) groups is 4. The maximum atomic E-state index is 12.8. The second-order valence-corrected chi connectivity index (χ2v) is 17.4. The lowest BCUT2D eigenvalue weighted by Gasteiger charge is -2.26. The van der Waals surface area contributed by atoms with Crippen molar-refractivity contribution in [3.8, 4) is 11.5 Å². The van der Waals surface area contributed by atoms with Gasteiger partial charge in [-0.2, -0.15) is 0 Å². The predicted molar refractivity (Wildman–Crippen MR) is 242 cm³/mol. The number of benzene rings is 2. The SMILES string of the molecule is C=CC(=O)OCCCCCCOc1ccc(C(=O)Oc2ccc(C(CC)CCC(C)OCCCCCCC(C)(C)OC(=O)CCCCCC(C)(C)OC(=O)C(=C)C)cc2)cc1. The van der Waals surface area contributed by atoms with E-state index in [0.717, 1.165) is 109 Å². The lowest BCUT2D eigenvalue weighted by molar-refractivity contribution is -0.157. The number of carbonyl (C=O) groups excluding carboxylic acids is 4. The predicted octanol–water partition coefficient (Wildman–Crippen LogP) is 12.4. The fraction of sp³-hybridized carbons (Fsp3) is 0.608. The summed E-state index contributed by atoms with van der Waals surface area (Å²) in [6, 6.07) is 14.8. The summed E-state index contributed by atoms with van der Waals surface area (Å²) in [6.07, 6.45) is 16.5. The van der Waals surface area contributed by atoms with Crippen LogP contribution in [0.3, 0.4) is 0 Å². The topological polar surface area (TPSA) is 124 Å². The van der Waals surface area contributed by atoms with E-state index in [9.17, 15) is 19.2 Å². The highest BCUT2D eigenvalue weighted by Crippen LogP contribution is 2.28. The molecule has 0 heterocycles. The molecule has 0 amide bonds. The lowest BCUT2D eigenvalue weighted by atomic mass is 9.91. The highest BCUT2D eigenvalue weighted by molar-refractivity contribution is 5.91. The molecule has 0 saturated heterocycles. The largest absolute Gasteiger partial charge is 0.494 e. The summed E-state index contributed by atoms with van der Waals surface area (Å²) in [5.41, 5.74) is 1.04. The van der Waals surface area contributed by atoms with Gasteiger partial charge in [0.05, 0.1) is 24.9 Å². The molecule has 0 aliphatic heterocycles. The zero-order chi connectivity index (χ0) is 45.1. The Morgan fingerprint density at radius 1 is 0.689 bits per heavy atom. The van der Waals surface area contributed by atoms with Gasteiger partial charge < -0.3 is 28.4 Å². The zero-order valence-electron chi connectivity index (χ0n) is 38.5. The molecule has 0 aliphatic carbocycles. The van der Waals surface area contributed by atoms with E-state index in [1.165, 1.54) is 11.6 Å². The number of unbranched alkanes of at least 4 members (excludes halogenated alkanes) is 8. The van der Waals surface area contributed by atoms with Crippen LogP contribution in [0.4, 0.5) is 0 Å². The third-order valence-corrected chi connectivity index (χ3v) is 10.6. The Labute approximate surface area is 367 Å². The molecule has 0 bridgehead atoms. The minimum absolute atomic E-state index is 0.155. The Morgan fingerprint density at radius 3 is 1.85 bits per heavy atom. The molecule has 2 atom stereocenters. The third kappa shape index (κ3) is 24.0. The van der Waals surface area contributed by atoms with Gasteiger partial charge in [-0.25, -0.2) is 14.4 Å². The summed E-state index contributed by atoms with van der Waals surface area (Å²) in [6.45, 7) is 22.5. The number of esters is 4. The molecule has 0 aliphatic rings. The van der Waals surface area contributed by atoms with E-state index in [1.807, 2.05) is 52.0 Å². The van der Waals surface area contributed by atoms with Crippen LogP contribution in [-0.2, 0) is 33.3 Å². The van der Waals surface area contributed by atoms with Crippen molar-refractivity contribution in [2.75, 3.05) is 19.8 Å². The van der Waals surface area contributed by atoms with Gasteiger partial charge in [0.15, 0.2) is 0 Å². The van der Waals surface area contributed by atoms with Crippen LogP contribution in [-0.4, -0.2) is 61.0 Å². The second-order valence-electron chi connectivity index (χ2n) is 17.4. The minimum atomic E-state index is -0.551. The quantitative estimate of drug-likeness (QED) is 0.0225. The van der Waals surface area contributed by atoms with Crippen LogP contribution in [0.25, 0.3) is 0 Å². The molecule has 2 aromatic rings. The van der Waals surface area contributed by atoms with Crippen molar-refractivity contribution in [2.45, 2.75) is 181 Å². The Hall–Kier alpha value is -4.44. The Balaban J connectivity index is 1.57. The zero-order valence-corrected chi connectivity index (χ0v) is 38.5. The van der Waals surface area contributed by atoms with Gasteiger partial charge in [0.2, 0.25) is 0 Å². The van der Waals surface area contributed by atoms with Crippen LogP contribution < -0.4 is 9.47 Å². The van der Waals surface area contributed by atoms with Crippen molar-refractivity contribution in [2.24, 2.45) is 0 Å². The van der Waals surface area contributed by atoms with E-state index in [1.54, 1.807) is 31.2 Å². The van der Waals surface area contributed by atoms with E-state index < -0.39 is 23.1 Å². The molecular formula is C51H76O10. The summed E-state index contributed by atoms with van der Waals surface area (Å²) < 4.78 is 33.9. The van der Waals surface area contributed by atoms with Gasteiger partial charge in [0.1, 0.15) is 22.7 Å². The van der Waals surface area contributed by atoms with Crippen molar-refractivity contribution in [3.63, 3.8) is 0 Å². The van der Waals surface area contributed by atoms with Gasteiger partial charge in [0, 0.05) is 24.7 Å². The Morgan fingerprint density at radius 2 is 1.25 bits per heavy atom. The smallest absolute Gasteiger partial charge is 0.343 e. The van der Waals surface area contributed by atoms with Crippen LogP contribution in [0.5, 0.6) is 11.5 Å². The fourth-order valence-corrected chi connectivity index (χ4v) is 6.85. The number of hydrogen-bond acceptors (Lipinski definition) is 10. The van der Waals surface area contributed by atoms with E-state index in [0.29, 0.717) is 48.2 Å². The molecular weight excluding hydrogens is 773 g/mol. The fourth-order valence-electron chi connectivity index (χ4n) is 6.85. The first-order chi connectivity index (χ1) is 29.0. The van der Waals surface area contributed by atoms with Crippen molar-refractivity contribution >= 4 is 23.9 Å². The summed E-state index contributed by atoms with van der Waals surface area (Å²) in [7, 11) is 0. The maximum Gasteiger partial charge on any atom is 0.343 e. The van der Waals surface area contributed by atoms with Gasteiger partial charge in [0.25, 0.3) is 0 Å². The van der Waals surface area contributed by atoms with Crippen molar-refractivity contribution in [1.82, 2.24) is 0 Å². The van der Waals surface area contributed by atoms with Crippen LogP contribution >= 0.6 is 0 Å². The highest BCUT2D eigenvalue weighted by atomic mass is 16.6.